The first-order valence-corrected chi connectivity index (χ1v) is 6.13. The van der Waals surface area contributed by atoms with Crippen LogP contribution in [0.4, 0.5) is 4.39 Å². The maximum Gasteiger partial charge on any atom is 0.293 e. The Morgan fingerprint density at radius 2 is 2.16 bits per heavy atom. The summed E-state index contributed by atoms with van der Waals surface area (Å²) in [7, 11) is 1.71. The molecule has 1 aromatic carbocycles. The molecule has 1 N–H and O–H groups in total. The van der Waals surface area contributed by atoms with Gasteiger partial charge >= 0.3 is 0 Å². The molecule has 0 atom stereocenters. The molecule has 0 fully saturated rings. The minimum atomic E-state index is -0.425. The zero-order valence-corrected chi connectivity index (χ0v) is 11.6. The van der Waals surface area contributed by atoms with E-state index < -0.39 is 5.91 Å². The van der Waals surface area contributed by atoms with Crippen LogP contribution in [0.15, 0.2) is 40.0 Å². The number of nitrogens with one attached hydrogen (secondary N) is 1. The quantitative estimate of drug-likeness (QED) is 0.694. The van der Waals surface area contributed by atoms with Crippen molar-refractivity contribution in [3.63, 3.8) is 0 Å². The summed E-state index contributed by atoms with van der Waals surface area (Å²) >= 11 is 3.22. The summed E-state index contributed by atoms with van der Waals surface area (Å²) in [4.78, 5) is 11.7. The summed E-state index contributed by atoms with van der Waals surface area (Å²) in [6.07, 6.45) is 3.09. The summed E-state index contributed by atoms with van der Waals surface area (Å²) in [6, 6.07) is 5.75. The van der Waals surface area contributed by atoms with E-state index in [0.29, 0.717) is 10.0 Å². The Balaban J connectivity index is 2.00. The molecule has 1 aromatic heterocycles. The Kier molecular flexibility index (Phi) is 4.06. The zero-order chi connectivity index (χ0) is 13.8. The monoisotopic (exact) mass is 324 g/mol. The second kappa shape index (κ2) is 5.75. The van der Waals surface area contributed by atoms with Crippen molar-refractivity contribution in [2.45, 2.75) is 0 Å². The van der Waals surface area contributed by atoms with E-state index >= 15 is 0 Å². The average molecular weight is 325 g/mol. The van der Waals surface area contributed by atoms with Crippen LogP contribution in [0.25, 0.3) is 0 Å². The predicted molar refractivity (Wildman–Crippen MR) is 72.4 cm³/mol. The van der Waals surface area contributed by atoms with Crippen LogP contribution in [0.3, 0.4) is 0 Å². The van der Waals surface area contributed by atoms with Gasteiger partial charge in [-0.2, -0.15) is 10.2 Å². The van der Waals surface area contributed by atoms with Gasteiger partial charge in [0, 0.05) is 13.2 Å². The van der Waals surface area contributed by atoms with Gasteiger partial charge in [0.05, 0.1) is 10.7 Å². The first-order valence-electron chi connectivity index (χ1n) is 5.34. The maximum absolute atomic E-state index is 12.7. The fourth-order valence-corrected chi connectivity index (χ4v) is 1.94. The number of carbonyl (C=O) groups is 1. The number of amides is 1. The third-order valence-corrected chi connectivity index (χ3v) is 2.83. The van der Waals surface area contributed by atoms with Crippen molar-refractivity contribution < 1.29 is 9.18 Å². The summed E-state index contributed by atoms with van der Waals surface area (Å²) in [5.41, 5.74) is 3.28. The minimum Gasteiger partial charge on any atom is -0.274 e. The number of aromatic nitrogens is 2. The van der Waals surface area contributed by atoms with Gasteiger partial charge in [0.15, 0.2) is 5.69 Å². The number of nitrogens with zero attached hydrogens (tertiary/aromatic N) is 3. The molecule has 0 unspecified atom stereocenters. The largest absolute Gasteiger partial charge is 0.293 e. The molecule has 0 aliphatic heterocycles. The molecule has 0 saturated heterocycles. The van der Waals surface area contributed by atoms with Gasteiger partial charge in [0.25, 0.3) is 5.91 Å². The molecule has 1 amide bonds. The molecule has 0 bridgehead atoms. The Labute approximate surface area is 117 Å². The molecular formula is C12H10BrFN4O. The molecule has 0 aliphatic rings. The van der Waals surface area contributed by atoms with E-state index in [1.165, 1.54) is 23.0 Å². The zero-order valence-electron chi connectivity index (χ0n) is 9.97. The maximum atomic E-state index is 12.7. The van der Waals surface area contributed by atoms with Gasteiger partial charge in [-0.15, -0.1) is 0 Å². The third-order valence-electron chi connectivity index (χ3n) is 2.25. The molecule has 0 saturated carbocycles. The lowest BCUT2D eigenvalue weighted by Crippen LogP contribution is -2.18. The lowest BCUT2D eigenvalue weighted by molar-refractivity contribution is 0.0948. The minimum absolute atomic E-state index is 0.249. The van der Waals surface area contributed by atoms with E-state index in [4.69, 9.17) is 0 Å². The Morgan fingerprint density at radius 3 is 2.74 bits per heavy atom. The van der Waals surface area contributed by atoms with Crippen molar-refractivity contribution in [1.29, 1.82) is 0 Å². The number of aryl methyl sites for hydroxylation is 1. The highest BCUT2D eigenvalue weighted by Crippen LogP contribution is 2.13. The number of hydrogen-bond donors (Lipinski definition) is 1. The Morgan fingerprint density at radius 1 is 1.47 bits per heavy atom. The fourth-order valence-electron chi connectivity index (χ4n) is 1.38. The van der Waals surface area contributed by atoms with Crippen molar-refractivity contribution in [3.8, 4) is 0 Å². The van der Waals surface area contributed by atoms with Crippen LogP contribution >= 0.6 is 15.9 Å². The lowest BCUT2D eigenvalue weighted by atomic mass is 10.2. The van der Waals surface area contributed by atoms with Crippen molar-refractivity contribution in [2.24, 2.45) is 12.1 Å². The molecule has 19 heavy (non-hydrogen) atoms. The predicted octanol–water partition coefficient (Wildman–Crippen LogP) is 2.09. The van der Waals surface area contributed by atoms with Crippen LogP contribution in [-0.2, 0) is 7.05 Å². The van der Waals surface area contributed by atoms with Gasteiger partial charge in [-0.1, -0.05) is 12.1 Å². The van der Waals surface area contributed by atoms with Gasteiger partial charge in [0.2, 0.25) is 0 Å². The molecule has 0 spiro atoms. The van der Waals surface area contributed by atoms with Crippen molar-refractivity contribution in [1.82, 2.24) is 15.2 Å². The van der Waals surface area contributed by atoms with E-state index in [9.17, 15) is 9.18 Å². The molecule has 1 heterocycles. The second-order valence-corrected chi connectivity index (χ2v) is 4.60. The first kappa shape index (κ1) is 13.4. The van der Waals surface area contributed by atoms with E-state index in [2.05, 4.69) is 31.6 Å². The van der Waals surface area contributed by atoms with E-state index in [1.807, 2.05) is 0 Å². The molecule has 98 valence electrons. The molecule has 5 nitrogen and oxygen atoms in total. The fraction of sp³-hybridized carbons (Fsp3) is 0.0833. The number of rotatable bonds is 3. The summed E-state index contributed by atoms with van der Waals surface area (Å²) in [5.74, 6) is -0.746. The average Bonchev–Trinajstić information content (AvgIpc) is 2.71. The highest BCUT2D eigenvalue weighted by atomic mass is 79.9. The van der Waals surface area contributed by atoms with Gasteiger partial charge in [0.1, 0.15) is 5.82 Å². The van der Waals surface area contributed by atoms with Crippen molar-refractivity contribution >= 4 is 28.1 Å². The van der Waals surface area contributed by atoms with Gasteiger partial charge < -0.3 is 0 Å². The van der Waals surface area contributed by atoms with Crippen LogP contribution in [0.1, 0.15) is 16.1 Å². The highest BCUT2D eigenvalue weighted by Gasteiger charge is 2.13. The summed E-state index contributed by atoms with van der Waals surface area (Å²) < 4.78 is 14.8. The molecule has 0 aliphatic carbocycles. The second-order valence-electron chi connectivity index (χ2n) is 3.75. The van der Waals surface area contributed by atoms with Gasteiger partial charge in [-0.05, 0) is 33.6 Å². The Hall–Kier alpha value is -2.02. The Bertz CT molecular complexity index is 621. The smallest absolute Gasteiger partial charge is 0.274 e. The lowest BCUT2D eigenvalue weighted by Gasteiger charge is -1.96. The number of hydrogen-bond acceptors (Lipinski definition) is 3. The molecule has 2 aromatic rings. The number of carbonyl (C=O) groups excluding carboxylic acids is 1. The number of hydrazone groups is 1. The van der Waals surface area contributed by atoms with Crippen LogP contribution in [-0.4, -0.2) is 21.9 Å². The van der Waals surface area contributed by atoms with Crippen LogP contribution in [0, 0.1) is 5.82 Å². The molecule has 2 rings (SSSR count). The van der Waals surface area contributed by atoms with Crippen LogP contribution in [0.5, 0.6) is 0 Å². The highest BCUT2D eigenvalue weighted by molar-refractivity contribution is 9.10. The first-order chi connectivity index (χ1) is 9.06. The standard InChI is InChI=1S/C12H10BrFN4O/c1-18-7-10(13)11(17-18)12(19)16-15-6-8-2-4-9(14)5-3-8/h2-7H,1H3,(H,16,19). The normalized spacial score (nSPS) is 10.9. The molecule has 7 heteroatoms. The van der Waals surface area contributed by atoms with Crippen LogP contribution < -0.4 is 5.43 Å². The SMILES string of the molecule is Cn1cc(Br)c(C(=O)NN=Cc2ccc(F)cc2)n1. The number of halogens is 2. The van der Waals surface area contributed by atoms with Crippen molar-refractivity contribution in [3.05, 3.63) is 52.0 Å². The van der Waals surface area contributed by atoms with E-state index in [0.717, 1.165) is 0 Å². The van der Waals surface area contributed by atoms with Gasteiger partial charge in [-0.25, -0.2) is 9.82 Å². The third kappa shape index (κ3) is 3.47. The topological polar surface area (TPSA) is 59.3 Å². The molecule has 0 radical (unpaired) electrons. The van der Waals surface area contributed by atoms with E-state index in [-0.39, 0.29) is 11.5 Å². The number of benzene rings is 1. The van der Waals surface area contributed by atoms with E-state index in [1.54, 1.807) is 25.4 Å². The van der Waals surface area contributed by atoms with Crippen LogP contribution in [0.2, 0.25) is 0 Å². The summed E-state index contributed by atoms with van der Waals surface area (Å²) in [5, 5.41) is 7.76. The van der Waals surface area contributed by atoms with Crippen molar-refractivity contribution in [2.75, 3.05) is 0 Å². The van der Waals surface area contributed by atoms with Gasteiger partial charge in [-0.3, -0.25) is 9.48 Å². The summed E-state index contributed by atoms with van der Waals surface area (Å²) in [6.45, 7) is 0. The molecular weight excluding hydrogens is 315 g/mol.